The van der Waals surface area contributed by atoms with E-state index < -0.39 is 23.8 Å². The zero-order chi connectivity index (χ0) is 30.1. The van der Waals surface area contributed by atoms with Crippen LogP contribution in [0.2, 0.25) is 0 Å². The van der Waals surface area contributed by atoms with Crippen molar-refractivity contribution in [3.63, 3.8) is 0 Å². The molecule has 3 aromatic rings. The number of benzene rings is 3. The van der Waals surface area contributed by atoms with Gasteiger partial charge >= 0.3 is 0 Å². The quantitative estimate of drug-likeness (QED) is 0.228. The van der Waals surface area contributed by atoms with Gasteiger partial charge in [-0.05, 0) is 85.7 Å². The molecule has 1 aliphatic heterocycles. The minimum Gasteiger partial charge on any atom is -0.390 e. The zero-order valence-corrected chi connectivity index (χ0v) is 26.1. The van der Waals surface area contributed by atoms with Crippen LogP contribution in [0.1, 0.15) is 57.9 Å². The maximum Gasteiger partial charge on any atom is 0.251 e. The predicted molar refractivity (Wildman–Crippen MR) is 169 cm³/mol. The summed E-state index contributed by atoms with van der Waals surface area (Å²) in [6.07, 6.45) is 2.20. The molecule has 1 saturated heterocycles. The Labute approximate surface area is 260 Å². The Kier molecular flexibility index (Phi) is 13.5. The van der Waals surface area contributed by atoms with Crippen LogP contribution in [0.25, 0.3) is 0 Å². The van der Waals surface area contributed by atoms with E-state index in [1.807, 2.05) is 31.2 Å². The van der Waals surface area contributed by atoms with Crippen molar-refractivity contribution < 1.29 is 23.4 Å². The number of aryl methyl sites for hydroxylation is 2. The maximum atomic E-state index is 14.0. The fourth-order valence-corrected chi connectivity index (χ4v) is 5.79. The van der Waals surface area contributed by atoms with Crippen LogP contribution in [0.5, 0.6) is 0 Å². The van der Waals surface area contributed by atoms with Gasteiger partial charge in [0.1, 0.15) is 11.6 Å². The highest BCUT2D eigenvalue weighted by Crippen LogP contribution is 2.22. The van der Waals surface area contributed by atoms with Crippen molar-refractivity contribution in [3.05, 3.63) is 106 Å². The van der Waals surface area contributed by atoms with Gasteiger partial charge in [0, 0.05) is 44.4 Å². The van der Waals surface area contributed by atoms with E-state index in [4.69, 9.17) is 4.74 Å². The Morgan fingerprint density at radius 3 is 2.51 bits per heavy atom. The molecule has 0 bridgehead atoms. The van der Waals surface area contributed by atoms with Crippen LogP contribution < -0.4 is 10.6 Å². The minimum atomic E-state index is -1.00. The van der Waals surface area contributed by atoms with Gasteiger partial charge in [0.05, 0.1) is 18.8 Å². The molecule has 0 aromatic heterocycles. The van der Waals surface area contributed by atoms with Gasteiger partial charge in [-0.3, -0.25) is 9.69 Å². The molecule has 6 nitrogen and oxygen atoms in total. The third kappa shape index (κ3) is 10.4. The van der Waals surface area contributed by atoms with Gasteiger partial charge in [0.2, 0.25) is 0 Å². The highest BCUT2D eigenvalue weighted by Gasteiger charge is 2.26. The lowest BCUT2D eigenvalue weighted by Gasteiger charge is -2.26. The number of halogens is 3. The summed E-state index contributed by atoms with van der Waals surface area (Å²) >= 11 is 0. The molecule has 0 saturated carbocycles. The molecule has 0 radical (unpaired) electrons. The van der Waals surface area contributed by atoms with Crippen LogP contribution in [0, 0.1) is 18.6 Å². The number of hydrogen-bond donors (Lipinski definition) is 3. The summed E-state index contributed by atoms with van der Waals surface area (Å²) in [5.41, 5.74) is 5.15. The lowest BCUT2D eigenvalue weighted by molar-refractivity contribution is 0.0829. The fourth-order valence-electron chi connectivity index (χ4n) is 5.79. The molecular formula is C34H44ClF2N3O3. The molecule has 1 amide bonds. The number of hydrogen-bond acceptors (Lipinski definition) is 5. The molecule has 0 unspecified atom stereocenters. The predicted octanol–water partition coefficient (Wildman–Crippen LogP) is 5.36. The molecule has 0 spiro atoms. The summed E-state index contributed by atoms with van der Waals surface area (Å²) in [4.78, 5) is 15.9. The van der Waals surface area contributed by atoms with E-state index in [-0.39, 0.29) is 31.3 Å². The van der Waals surface area contributed by atoms with Crippen molar-refractivity contribution in [2.24, 2.45) is 0 Å². The van der Waals surface area contributed by atoms with E-state index in [0.29, 0.717) is 36.9 Å². The largest absolute Gasteiger partial charge is 0.390 e. The van der Waals surface area contributed by atoms with Crippen molar-refractivity contribution in [1.29, 1.82) is 0 Å². The molecule has 1 fully saturated rings. The van der Waals surface area contributed by atoms with E-state index in [9.17, 15) is 18.7 Å². The third-order valence-corrected chi connectivity index (χ3v) is 7.88. The third-order valence-electron chi connectivity index (χ3n) is 7.88. The second kappa shape index (κ2) is 16.8. The zero-order valence-electron chi connectivity index (χ0n) is 25.2. The number of methoxy groups -OCH3 is 1. The topological polar surface area (TPSA) is 73.8 Å². The van der Waals surface area contributed by atoms with Crippen molar-refractivity contribution in [2.75, 3.05) is 26.8 Å². The van der Waals surface area contributed by atoms with Crippen molar-refractivity contribution in [3.8, 4) is 0 Å². The van der Waals surface area contributed by atoms with Gasteiger partial charge in [-0.25, -0.2) is 8.78 Å². The Bertz CT molecular complexity index is 1320. The van der Waals surface area contributed by atoms with Gasteiger partial charge in [-0.2, -0.15) is 0 Å². The molecule has 1 aliphatic rings. The second-order valence-electron chi connectivity index (χ2n) is 11.4. The summed E-state index contributed by atoms with van der Waals surface area (Å²) < 4.78 is 33.3. The lowest BCUT2D eigenvalue weighted by atomic mass is 9.99. The number of nitrogens with one attached hydrogen (secondary N) is 2. The Morgan fingerprint density at radius 2 is 1.79 bits per heavy atom. The van der Waals surface area contributed by atoms with Crippen LogP contribution in [0.15, 0.2) is 60.7 Å². The number of nitrogens with zero attached hydrogens (tertiary/aromatic N) is 1. The highest BCUT2D eigenvalue weighted by atomic mass is 35.5. The molecule has 3 aromatic carbocycles. The van der Waals surface area contributed by atoms with Crippen molar-refractivity contribution in [2.45, 2.75) is 70.8 Å². The molecule has 3 N–H and O–H groups in total. The number of aliphatic hydroxyl groups is 1. The van der Waals surface area contributed by atoms with Crippen LogP contribution in [0.4, 0.5) is 8.78 Å². The van der Waals surface area contributed by atoms with E-state index in [2.05, 4.69) is 40.7 Å². The first-order valence-corrected chi connectivity index (χ1v) is 14.8. The van der Waals surface area contributed by atoms with Gasteiger partial charge in [-0.15, -0.1) is 12.4 Å². The number of carbonyl (C=O) groups is 1. The first kappa shape index (κ1) is 34.6. The highest BCUT2D eigenvalue weighted by molar-refractivity contribution is 5.94. The number of rotatable bonds is 14. The molecule has 4 rings (SSSR count). The standard InChI is InChI=1S/C34H43F2N3O3.ClH/c1-4-24-7-5-8-25(13-24)19-37-20-33(40)32(17-26-15-29(35)18-30(36)16-26)38-34(41)28-12-23(2)11-27(14-28)21-39-10-6-9-31(39)22-42-3;/h5,7-8,11-16,18,31-33,37,40H,4,6,9-10,17,19-22H2,1-3H3,(H,38,41);1H/t31-,32+,33-;/m1./s1. The Morgan fingerprint density at radius 1 is 1.05 bits per heavy atom. The number of likely N-dealkylation sites (tertiary alicyclic amines) is 1. The summed E-state index contributed by atoms with van der Waals surface area (Å²) in [6.45, 7) is 7.16. The first-order chi connectivity index (χ1) is 20.2. The monoisotopic (exact) mass is 615 g/mol. The van der Waals surface area contributed by atoms with E-state index >= 15 is 0 Å². The SMILES string of the molecule is CCc1cccc(CNC[C@@H](O)[C@H](Cc2cc(F)cc(F)c2)NC(=O)c2cc(C)cc(CN3CCC[C@@H]3COC)c2)c1.Cl. The molecular weight excluding hydrogens is 572 g/mol. The number of ether oxygens (including phenoxy) is 1. The molecule has 0 aliphatic carbocycles. The van der Waals surface area contributed by atoms with E-state index in [0.717, 1.165) is 48.6 Å². The molecule has 3 atom stereocenters. The van der Waals surface area contributed by atoms with E-state index in [1.165, 1.54) is 17.7 Å². The molecule has 234 valence electrons. The second-order valence-corrected chi connectivity index (χ2v) is 11.4. The summed E-state index contributed by atoms with van der Waals surface area (Å²) in [7, 11) is 1.72. The van der Waals surface area contributed by atoms with Crippen molar-refractivity contribution >= 4 is 18.3 Å². The van der Waals surface area contributed by atoms with Gasteiger partial charge < -0.3 is 20.5 Å². The normalized spacial score (nSPS) is 16.5. The van der Waals surface area contributed by atoms with E-state index in [1.54, 1.807) is 7.11 Å². The smallest absolute Gasteiger partial charge is 0.251 e. The lowest BCUT2D eigenvalue weighted by Crippen LogP contribution is -2.48. The number of amides is 1. The summed E-state index contributed by atoms with van der Waals surface area (Å²) in [5, 5.41) is 17.4. The summed E-state index contributed by atoms with van der Waals surface area (Å²) in [5.74, 6) is -1.74. The van der Waals surface area contributed by atoms with Crippen molar-refractivity contribution in [1.82, 2.24) is 15.5 Å². The minimum absolute atomic E-state index is 0. The Hall–Kier alpha value is -2.88. The van der Waals surface area contributed by atoms with Crippen LogP contribution in [-0.2, 0) is 30.7 Å². The van der Waals surface area contributed by atoms with Crippen LogP contribution in [-0.4, -0.2) is 60.9 Å². The summed E-state index contributed by atoms with van der Waals surface area (Å²) in [6, 6.07) is 16.8. The van der Waals surface area contributed by atoms with Crippen LogP contribution in [0.3, 0.4) is 0 Å². The first-order valence-electron chi connectivity index (χ1n) is 14.8. The molecule has 43 heavy (non-hydrogen) atoms. The average Bonchev–Trinajstić information content (AvgIpc) is 3.38. The average molecular weight is 616 g/mol. The Balaban J connectivity index is 0.00000506. The maximum absolute atomic E-state index is 14.0. The van der Waals surface area contributed by atoms with Gasteiger partial charge in [0.15, 0.2) is 0 Å². The number of carbonyl (C=O) groups excluding carboxylic acids is 1. The number of aliphatic hydroxyl groups excluding tert-OH is 1. The van der Waals surface area contributed by atoms with Crippen LogP contribution >= 0.6 is 12.4 Å². The van der Waals surface area contributed by atoms with Gasteiger partial charge in [-0.1, -0.05) is 42.8 Å². The molecule has 1 heterocycles. The van der Waals surface area contributed by atoms with Gasteiger partial charge in [0.25, 0.3) is 5.91 Å². The molecule has 9 heteroatoms. The fraction of sp³-hybridized carbons (Fsp3) is 0.441.